The molecule has 236 valence electrons. The zero-order valence-electron chi connectivity index (χ0n) is 26.6. The van der Waals surface area contributed by atoms with Gasteiger partial charge in [-0.25, -0.2) is 17.8 Å². The molecule has 1 fully saturated rings. The number of hydrogen-bond donors (Lipinski definition) is 0. The van der Waals surface area contributed by atoms with Crippen molar-refractivity contribution in [2.24, 2.45) is 4.36 Å². The Morgan fingerprint density at radius 2 is 1.74 bits per heavy atom. The number of amides is 2. The van der Waals surface area contributed by atoms with Gasteiger partial charge in [0.2, 0.25) is 0 Å². The Labute approximate surface area is 256 Å². The molecule has 0 radical (unpaired) electrons. The second-order valence-electron chi connectivity index (χ2n) is 13.3. The van der Waals surface area contributed by atoms with Gasteiger partial charge in [0.05, 0.1) is 33.7 Å². The van der Waals surface area contributed by atoms with Crippen molar-refractivity contribution >= 4 is 21.7 Å². The van der Waals surface area contributed by atoms with E-state index in [2.05, 4.69) is 10.4 Å². The summed E-state index contributed by atoms with van der Waals surface area (Å²) in [5, 5.41) is -0.617. The van der Waals surface area contributed by atoms with E-state index in [0.29, 0.717) is 13.0 Å². The van der Waals surface area contributed by atoms with E-state index in [1.807, 2.05) is 45.9 Å². The van der Waals surface area contributed by atoms with Crippen LogP contribution in [0.2, 0.25) is 0 Å². The number of hydrogen-bond acceptors (Lipinski definition) is 6. The first-order chi connectivity index (χ1) is 20.1. The van der Waals surface area contributed by atoms with Gasteiger partial charge in [0.1, 0.15) is 17.5 Å². The molecule has 0 unspecified atom stereocenters. The summed E-state index contributed by atoms with van der Waals surface area (Å²) in [7, 11) is -1.24. The molecule has 0 saturated carbocycles. The molecule has 8 nitrogen and oxygen atoms in total. The fraction of sp³-hybridized carbons (Fsp3) is 0.576. The van der Waals surface area contributed by atoms with Crippen molar-refractivity contribution in [3.05, 3.63) is 71.0 Å². The highest BCUT2D eigenvalue weighted by molar-refractivity contribution is 7.94. The molecule has 2 aliphatic rings. The number of benzene rings is 2. The molecule has 2 aromatic rings. The molecule has 2 amide bonds. The molecular weight excluding hydrogens is 569 g/mol. The van der Waals surface area contributed by atoms with Gasteiger partial charge in [-0.2, -0.15) is 0 Å². The Hall–Kier alpha value is -2.98. The van der Waals surface area contributed by atoms with Crippen molar-refractivity contribution in [1.82, 2.24) is 9.80 Å². The van der Waals surface area contributed by atoms with E-state index in [-0.39, 0.29) is 30.5 Å². The predicted molar refractivity (Wildman–Crippen MR) is 167 cm³/mol. The van der Waals surface area contributed by atoms with E-state index < -0.39 is 50.4 Å². The number of carbonyl (C=O) groups is 2. The third-order valence-electron chi connectivity index (χ3n) is 8.21. The summed E-state index contributed by atoms with van der Waals surface area (Å²) in [4.78, 5) is 31.6. The summed E-state index contributed by atoms with van der Waals surface area (Å²) in [6.45, 7) is 13.4. The van der Waals surface area contributed by atoms with Crippen molar-refractivity contribution in [2.45, 2.75) is 95.9 Å². The maximum Gasteiger partial charge on any atom is 0.411 e. The first-order valence-corrected chi connectivity index (χ1v) is 16.7. The van der Waals surface area contributed by atoms with E-state index in [9.17, 15) is 18.2 Å². The predicted octanol–water partition coefficient (Wildman–Crippen LogP) is 5.98. The van der Waals surface area contributed by atoms with E-state index in [1.165, 1.54) is 19.2 Å². The Bertz CT molecular complexity index is 1440. The smallest absolute Gasteiger partial charge is 0.411 e. The lowest BCUT2D eigenvalue weighted by Gasteiger charge is -2.49. The van der Waals surface area contributed by atoms with Gasteiger partial charge in [-0.05, 0) is 76.8 Å². The molecule has 2 aliphatic heterocycles. The Morgan fingerprint density at radius 1 is 1.09 bits per heavy atom. The first-order valence-electron chi connectivity index (χ1n) is 15.0. The molecule has 1 saturated heterocycles. The van der Waals surface area contributed by atoms with Crippen LogP contribution in [0.1, 0.15) is 77.6 Å². The average molecular weight is 616 g/mol. The highest BCUT2D eigenvalue weighted by atomic mass is 32.2. The molecule has 5 atom stereocenters. The largest absolute Gasteiger partial charge is 0.444 e. The lowest BCUT2D eigenvalue weighted by atomic mass is 9.87. The van der Waals surface area contributed by atoms with E-state index in [1.54, 1.807) is 42.7 Å². The number of nitrogens with zero attached hydrogens (tertiary/aromatic N) is 3. The van der Waals surface area contributed by atoms with Crippen LogP contribution in [0.25, 0.3) is 0 Å². The van der Waals surface area contributed by atoms with Crippen LogP contribution in [0.3, 0.4) is 0 Å². The second kappa shape index (κ2) is 12.6. The summed E-state index contributed by atoms with van der Waals surface area (Å²) >= 11 is 0. The van der Waals surface area contributed by atoms with Gasteiger partial charge in [0.25, 0.3) is 5.91 Å². The Kier molecular flexibility index (Phi) is 9.61. The van der Waals surface area contributed by atoms with Gasteiger partial charge in [0, 0.05) is 31.3 Å². The van der Waals surface area contributed by atoms with Crippen LogP contribution in [0.5, 0.6) is 0 Å². The number of fused-ring (bicyclic) bond motifs is 1. The highest BCUT2D eigenvalue weighted by Crippen LogP contribution is 2.38. The molecule has 2 aromatic carbocycles. The minimum Gasteiger partial charge on any atom is -0.444 e. The average Bonchev–Trinajstić information content (AvgIpc) is 2.94. The van der Waals surface area contributed by atoms with Crippen LogP contribution >= 0.6 is 0 Å². The molecule has 0 spiro atoms. The molecule has 0 bridgehead atoms. The summed E-state index contributed by atoms with van der Waals surface area (Å²) in [6, 6.07) is 13.2. The molecule has 10 heteroatoms. The third kappa shape index (κ3) is 7.06. The SMILES string of the molecule is CC[S@@](=O)(=NC)[C@H]1CO[C@@H](C(=O)N2CCc3ccccc3[C@@H]2c2ccc(F)cc2)C[C@@H]1N(C(=O)OC(C)(C)C)C(C)(C)C. The van der Waals surface area contributed by atoms with Crippen molar-refractivity contribution in [3.63, 3.8) is 0 Å². The number of ether oxygens (including phenoxy) is 2. The molecule has 2 heterocycles. The van der Waals surface area contributed by atoms with Gasteiger partial charge in [-0.3, -0.25) is 9.69 Å². The normalized spacial score (nSPS) is 24.0. The summed E-state index contributed by atoms with van der Waals surface area (Å²) in [6.07, 6.45) is -0.615. The van der Waals surface area contributed by atoms with Gasteiger partial charge in [-0.15, -0.1) is 0 Å². The van der Waals surface area contributed by atoms with Crippen LogP contribution in [0.15, 0.2) is 52.9 Å². The van der Waals surface area contributed by atoms with Crippen LogP contribution in [0, 0.1) is 5.82 Å². The molecular formula is C33H46FN3O5S. The third-order valence-corrected chi connectivity index (χ3v) is 11.1. The Morgan fingerprint density at radius 3 is 2.33 bits per heavy atom. The minimum atomic E-state index is -2.78. The number of carbonyl (C=O) groups excluding carboxylic acids is 2. The lowest BCUT2D eigenvalue weighted by Crippen LogP contribution is -2.63. The topological polar surface area (TPSA) is 88.5 Å². The second-order valence-corrected chi connectivity index (χ2v) is 16.2. The van der Waals surface area contributed by atoms with Crippen LogP contribution in [0.4, 0.5) is 9.18 Å². The van der Waals surface area contributed by atoms with Crippen LogP contribution in [-0.2, 0) is 30.4 Å². The van der Waals surface area contributed by atoms with Crippen molar-refractivity contribution in [3.8, 4) is 0 Å². The quantitative estimate of drug-likeness (QED) is 0.413. The van der Waals surface area contributed by atoms with E-state index >= 15 is 0 Å². The molecule has 0 aliphatic carbocycles. The zero-order chi connectivity index (χ0) is 31.7. The first kappa shape index (κ1) is 32.9. The lowest BCUT2D eigenvalue weighted by molar-refractivity contribution is -0.151. The maximum atomic E-state index is 14.4. The molecule has 0 N–H and O–H groups in total. The summed E-state index contributed by atoms with van der Waals surface area (Å²) in [5.41, 5.74) is 1.47. The molecule has 0 aromatic heterocycles. The van der Waals surface area contributed by atoms with E-state index in [4.69, 9.17) is 9.47 Å². The van der Waals surface area contributed by atoms with Gasteiger partial charge >= 0.3 is 6.09 Å². The monoisotopic (exact) mass is 615 g/mol. The van der Waals surface area contributed by atoms with Crippen molar-refractivity contribution in [2.75, 3.05) is 26.0 Å². The zero-order valence-corrected chi connectivity index (χ0v) is 27.4. The number of rotatable bonds is 5. The summed E-state index contributed by atoms with van der Waals surface area (Å²) in [5.74, 6) is -0.281. The van der Waals surface area contributed by atoms with E-state index in [0.717, 1.165) is 16.7 Å². The maximum absolute atomic E-state index is 14.4. The highest BCUT2D eigenvalue weighted by Gasteiger charge is 2.49. The van der Waals surface area contributed by atoms with Crippen LogP contribution in [-0.4, -0.2) is 80.5 Å². The molecule has 43 heavy (non-hydrogen) atoms. The molecule has 4 rings (SSSR count). The van der Waals surface area contributed by atoms with Crippen molar-refractivity contribution in [1.29, 1.82) is 0 Å². The number of halogens is 1. The fourth-order valence-corrected chi connectivity index (χ4v) is 8.22. The summed E-state index contributed by atoms with van der Waals surface area (Å²) < 4.78 is 44.3. The Balaban J connectivity index is 1.75. The standard InChI is InChI=1S/C33H46FN3O5S/c1-9-43(40,35-8)28-21-41-27(20-26(28)37(32(2,3)4)31(39)42-33(5,6)7)30(38)36-19-18-22-12-10-11-13-25(22)29(36)23-14-16-24(34)17-15-23/h10-17,26-29H,9,18-21H2,1-8H3/t26-,27+,28-,29-,43-/m0/s1. The van der Waals surface area contributed by atoms with Gasteiger partial charge < -0.3 is 14.4 Å². The van der Waals surface area contributed by atoms with Crippen LogP contribution < -0.4 is 0 Å². The van der Waals surface area contributed by atoms with Gasteiger partial charge in [0.15, 0.2) is 0 Å². The fourth-order valence-electron chi connectivity index (χ4n) is 6.25. The van der Waals surface area contributed by atoms with Crippen molar-refractivity contribution < 1.29 is 27.7 Å². The van der Waals surface area contributed by atoms with Gasteiger partial charge in [-0.1, -0.05) is 43.3 Å². The minimum absolute atomic E-state index is 0.00606.